The van der Waals surface area contributed by atoms with Gasteiger partial charge in [0.2, 0.25) is 0 Å². The molecule has 3 aliphatic heterocycles. The first-order chi connectivity index (χ1) is 16.4. The number of hydrogen-bond acceptors (Lipinski definition) is 1. The van der Waals surface area contributed by atoms with E-state index in [2.05, 4.69) is 92.6 Å². The summed E-state index contributed by atoms with van der Waals surface area (Å²) in [7, 11) is 0. The fourth-order valence-electron chi connectivity index (χ4n) is 8.48. The van der Waals surface area contributed by atoms with Gasteiger partial charge in [0.1, 0.15) is 0 Å². The van der Waals surface area contributed by atoms with Crippen LogP contribution in [0.3, 0.4) is 0 Å². The number of aromatic nitrogens is 1. The number of fused-ring (bicyclic) bond motifs is 7. The monoisotopic (exact) mass is 442 g/mol. The van der Waals surface area contributed by atoms with E-state index in [1.54, 1.807) is 5.56 Å². The second kappa shape index (κ2) is 5.82. The Labute approximate surface area is 202 Å². The van der Waals surface area contributed by atoms with E-state index in [9.17, 15) is 0 Å². The number of nitrogens with zero attached hydrogens (tertiary/aromatic N) is 2. The van der Waals surface area contributed by atoms with Crippen molar-refractivity contribution in [2.75, 3.05) is 4.90 Å². The standard InChI is InChI=1S/C31H31BN2/c1-18-16-25-27-26(17-18)34-29-22(30(4)14-6-7-15-31(30,34)5)11-9-13-24(29)32(27)23-12-8-10-21-19(2)20(3)33(25)28(21)23/h8-13,16-17H,6-7,14-15H2,1-5H3. The van der Waals surface area contributed by atoms with Gasteiger partial charge < -0.3 is 9.47 Å². The van der Waals surface area contributed by atoms with E-state index >= 15 is 0 Å². The van der Waals surface area contributed by atoms with E-state index in [0.29, 0.717) is 6.71 Å². The maximum atomic E-state index is 2.82. The van der Waals surface area contributed by atoms with Crippen LogP contribution in [-0.4, -0.2) is 16.8 Å². The summed E-state index contributed by atoms with van der Waals surface area (Å²) in [4.78, 5) is 2.82. The molecule has 0 bridgehead atoms. The van der Waals surface area contributed by atoms with E-state index < -0.39 is 0 Å². The number of aryl methyl sites for hydroxylation is 2. The first kappa shape index (κ1) is 19.4. The summed E-state index contributed by atoms with van der Waals surface area (Å²) >= 11 is 0. The van der Waals surface area contributed by atoms with Crippen LogP contribution in [0.5, 0.6) is 0 Å². The summed E-state index contributed by atoms with van der Waals surface area (Å²) < 4.78 is 2.58. The molecule has 1 fully saturated rings. The maximum absolute atomic E-state index is 2.82. The molecule has 0 saturated heterocycles. The van der Waals surface area contributed by atoms with Crippen molar-refractivity contribution in [1.82, 2.24) is 4.57 Å². The highest BCUT2D eigenvalue weighted by Gasteiger charge is 2.60. The van der Waals surface area contributed by atoms with Crippen LogP contribution in [0, 0.1) is 20.8 Å². The first-order valence-corrected chi connectivity index (χ1v) is 13.1. The van der Waals surface area contributed by atoms with Crippen LogP contribution in [0.15, 0.2) is 48.5 Å². The highest BCUT2D eigenvalue weighted by molar-refractivity contribution is 7.00. The minimum absolute atomic E-state index is 0.115. The average Bonchev–Trinajstić information content (AvgIpc) is 3.21. The van der Waals surface area contributed by atoms with Crippen LogP contribution in [-0.2, 0) is 5.41 Å². The summed E-state index contributed by atoms with van der Waals surface area (Å²) in [5, 5.41) is 1.41. The van der Waals surface area contributed by atoms with E-state index in [-0.39, 0.29) is 11.0 Å². The minimum atomic E-state index is 0.115. The molecule has 0 amide bonds. The molecule has 1 aliphatic carbocycles. The molecule has 8 rings (SSSR count). The van der Waals surface area contributed by atoms with Gasteiger partial charge in [-0.1, -0.05) is 56.2 Å². The van der Waals surface area contributed by atoms with Gasteiger partial charge in [-0.2, -0.15) is 0 Å². The molecule has 168 valence electrons. The Morgan fingerprint density at radius 1 is 0.853 bits per heavy atom. The second-order valence-electron chi connectivity index (χ2n) is 11.8. The van der Waals surface area contributed by atoms with Crippen molar-refractivity contribution < 1.29 is 0 Å². The maximum Gasteiger partial charge on any atom is 0.252 e. The number of anilines is 2. The van der Waals surface area contributed by atoms with E-state index in [0.717, 1.165) is 0 Å². The zero-order valence-corrected chi connectivity index (χ0v) is 20.9. The molecule has 0 spiro atoms. The summed E-state index contributed by atoms with van der Waals surface area (Å²) in [5.41, 5.74) is 16.4. The third-order valence-corrected chi connectivity index (χ3v) is 10.4. The van der Waals surface area contributed by atoms with Gasteiger partial charge in [-0.25, -0.2) is 0 Å². The van der Waals surface area contributed by atoms with Crippen molar-refractivity contribution in [2.45, 2.75) is 71.3 Å². The number of rotatable bonds is 0. The van der Waals surface area contributed by atoms with Crippen LogP contribution in [0.1, 0.15) is 61.9 Å². The minimum Gasteiger partial charge on any atom is -0.335 e. The molecular formula is C31H31BN2. The molecule has 4 heterocycles. The van der Waals surface area contributed by atoms with Crippen molar-refractivity contribution in [2.24, 2.45) is 0 Å². The normalized spacial score (nSPS) is 25.4. The molecule has 4 aromatic rings. The average molecular weight is 442 g/mol. The molecule has 1 saturated carbocycles. The van der Waals surface area contributed by atoms with Gasteiger partial charge in [-0.05, 0) is 85.7 Å². The Hall–Kier alpha value is -2.94. The molecule has 0 radical (unpaired) electrons. The lowest BCUT2D eigenvalue weighted by Gasteiger charge is -2.52. The predicted octanol–water partition coefficient (Wildman–Crippen LogP) is 5.44. The van der Waals surface area contributed by atoms with Crippen molar-refractivity contribution >= 4 is 45.4 Å². The number of benzene rings is 3. The summed E-state index contributed by atoms with van der Waals surface area (Å²) in [5.74, 6) is 0. The van der Waals surface area contributed by atoms with Crippen LogP contribution < -0.4 is 21.3 Å². The largest absolute Gasteiger partial charge is 0.335 e. The van der Waals surface area contributed by atoms with E-state index in [1.165, 1.54) is 86.9 Å². The quantitative estimate of drug-likeness (QED) is 0.290. The second-order valence-corrected chi connectivity index (χ2v) is 11.8. The Morgan fingerprint density at radius 2 is 1.59 bits per heavy atom. The molecule has 3 heteroatoms. The van der Waals surface area contributed by atoms with Crippen LogP contribution in [0.2, 0.25) is 0 Å². The highest BCUT2D eigenvalue weighted by Crippen LogP contribution is 2.61. The van der Waals surface area contributed by atoms with Crippen LogP contribution >= 0.6 is 0 Å². The Kier molecular flexibility index (Phi) is 3.32. The van der Waals surface area contributed by atoms with Crippen LogP contribution in [0.25, 0.3) is 16.6 Å². The molecule has 3 aromatic carbocycles. The molecule has 2 unspecified atom stereocenters. The molecular weight excluding hydrogens is 411 g/mol. The lowest BCUT2D eigenvalue weighted by Crippen LogP contribution is -2.64. The third kappa shape index (κ3) is 1.86. The lowest BCUT2D eigenvalue weighted by molar-refractivity contribution is 0.195. The summed E-state index contributed by atoms with van der Waals surface area (Å²) in [6.45, 7) is 12.3. The Morgan fingerprint density at radius 3 is 2.44 bits per heavy atom. The van der Waals surface area contributed by atoms with Gasteiger partial charge in [0.25, 0.3) is 6.71 Å². The van der Waals surface area contributed by atoms with Gasteiger partial charge in [0.05, 0.1) is 5.54 Å². The summed E-state index contributed by atoms with van der Waals surface area (Å²) in [6, 6.07) is 19.2. The van der Waals surface area contributed by atoms with Crippen molar-refractivity contribution in [3.63, 3.8) is 0 Å². The molecule has 2 nitrogen and oxygen atoms in total. The first-order valence-electron chi connectivity index (χ1n) is 13.1. The fourth-order valence-corrected chi connectivity index (χ4v) is 8.48. The molecule has 4 aliphatic rings. The SMILES string of the molecule is Cc1cc2c3c(c1)-n1c(C)c(C)c4cccc(c41)B3c1cccc3c1N2C1(C)CCCCC31C. The van der Waals surface area contributed by atoms with E-state index in [1.807, 2.05) is 0 Å². The van der Waals surface area contributed by atoms with Gasteiger partial charge in [-0.15, -0.1) is 0 Å². The molecule has 34 heavy (non-hydrogen) atoms. The Bertz CT molecular complexity index is 1590. The third-order valence-electron chi connectivity index (χ3n) is 10.4. The number of para-hydroxylation sites is 2. The number of hydrogen-bond donors (Lipinski definition) is 0. The van der Waals surface area contributed by atoms with Crippen molar-refractivity contribution in [3.8, 4) is 5.69 Å². The zero-order valence-electron chi connectivity index (χ0n) is 20.9. The van der Waals surface area contributed by atoms with Gasteiger partial charge in [-0.3, -0.25) is 0 Å². The smallest absolute Gasteiger partial charge is 0.252 e. The van der Waals surface area contributed by atoms with E-state index in [4.69, 9.17) is 0 Å². The van der Waals surface area contributed by atoms with Gasteiger partial charge >= 0.3 is 0 Å². The lowest BCUT2D eigenvalue weighted by atomic mass is 9.33. The van der Waals surface area contributed by atoms with Gasteiger partial charge in [0.15, 0.2) is 0 Å². The molecule has 0 N–H and O–H groups in total. The van der Waals surface area contributed by atoms with Crippen molar-refractivity contribution in [1.29, 1.82) is 0 Å². The highest BCUT2D eigenvalue weighted by atomic mass is 15.3. The molecule has 2 atom stereocenters. The fraction of sp³-hybridized carbons (Fsp3) is 0.355. The molecule has 1 aromatic heterocycles. The Balaban J connectivity index is 1.59. The van der Waals surface area contributed by atoms with Gasteiger partial charge in [0, 0.05) is 39.1 Å². The van der Waals surface area contributed by atoms with Crippen LogP contribution in [0.4, 0.5) is 11.4 Å². The zero-order chi connectivity index (χ0) is 23.1. The predicted molar refractivity (Wildman–Crippen MR) is 145 cm³/mol. The topological polar surface area (TPSA) is 8.17 Å². The van der Waals surface area contributed by atoms with Crippen molar-refractivity contribution in [3.05, 3.63) is 70.9 Å². The summed E-state index contributed by atoms with van der Waals surface area (Å²) in [6.07, 6.45) is 5.20.